The van der Waals surface area contributed by atoms with Crippen LogP contribution in [0.4, 0.5) is 0 Å². The zero-order valence-electron chi connectivity index (χ0n) is 13.4. The molecule has 2 heterocycles. The Hall–Kier alpha value is -2.41. The van der Waals surface area contributed by atoms with Gasteiger partial charge in [0.1, 0.15) is 0 Å². The molecular weight excluding hydrogens is 310 g/mol. The molecule has 1 amide bonds. The summed E-state index contributed by atoms with van der Waals surface area (Å²) in [6.07, 6.45) is 2.45. The standard InChI is InChI=1S/C17H19N3O4/c1-24-14-10-2-3-11(14)8-20(7-10)17(23)9-4-5-12-13(6-9)19-16(22)15(21)18-12/h4-6,10-11,14H,2-3,7-8H2,1H3,(H,18,21)(H,19,22)/t10-,11+,14?. The molecule has 0 spiro atoms. The van der Waals surface area contributed by atoms with E-state index < -0.39 is 11.1 Å². The van der Waals surface area contributed by atoms with E-state index >= 15 is 0 Å². The number of ether oxygens (including phenoxy) is 1. The number of amides is 1. The molecule has 1 saturated carbocycles. The van der Waals surface area contributed by atoms with Crippen LogP contribution < -0.4 is 11.1 Å². The molecule has 1 unspecified atom stereocenters. The van der Waals surface area contributed by atoms with Crippen LogP contribution in [-0.4, -0.2) is 47.1 Å². The van der Waals surface area contributed by atoms with Gasteiger partial charge in [-0.05, 0) is 31.0 Å². The van der Waals surface area contributed by atoms with Crippen LogP contribution in [0, 0.1) is 11.8 Å². The predicted octanol–water partition coefficient (Wildman–Crippen LogP) is 0.713. The third-order valence-electron chi connectivity index (χ3n) is 5.28. The number of aromatic nitrogens is 2. The second-order valence-corrected chi connectivity index (χ2v) is 6.68. The molecule has 1 aromatic heterocycles. The normalized spacial score (nSPS) is 26.0. The van der Waals surface area contributed by atoms with E-state index in [1.54, 1.807) is 25.3 Å². The molecule has 2 N–H and O–H groups in total. The summed E-state index contributed by atoms with van der Waals surface area (Å²) in [4.78, 5) is 42.5. The smallest absolute Gasteiger partial charge is 0.314 e. The van der Waals surface area contributed by atoms with Gasteiger partial charge in [-0.3, -0.25) is 14.4 Å². The van der Waals surface area contributed by atoms with Crippen molar-refractivity contribution >= 4 is 16.9 Å². The van der Waals surface area contributed by atoms with Crippen molar-refractivity contribution in [2.24, 2.45) is 11.8 Å². The summed E-state index contributed by atoms with van der Waals surface area (Å²) in [5.74, 6) is 0.749. The maximum absolute atomic E-state index is 12.8. The molecule has 7 nitrogen and oxygen atoms in total. The summed E-state index contributed by atoms with van der Waals surface area (Å²) in [5, 5.41) is 0. The van der Waals surface area contributed by atoms with Crippen molar-refractivity contribution in [3.05, 3.63) is 44.5 Å². The summed E-state index contributed by atoms with van der Waals surface area (Å²) >= 11 is 0. The van der Waals surface area contributed by atoms with Crippen molar-refractivity contribution in [3.63, 3.8) is 0 Å². The van der Waals surface area contributed by atoms with E-state index in [0.29, 0.717) is 41.5 Å². The number of hydrogen-bond acceptors (Lipinski definition) is 4. The quantitative estimate of drug-likeness (QED) is 0.794. The van der Waals surface area contributed by atoms with Crippen LogP contribution in [0.3, 0.4) is 0 Å². The number of rotatable bonds is 2. The average Bonchev–Trinajstić information content (AvgIpc) is 2.83. The van der Waals surface area contributed by atoms with Crippen LogP contribution in [-0.2, 0) is 4.74 Å². The molecule has 2 fully saturated rings. The number of methoxy groups -OCH3 is 1. The summed E-state index contributed by atoms with van der Waals surface area (Å²) in [6, 6.07) is 4.96. The monoisotopic (exact) mass is 329 g/mol. The summed E-state index contributed by atoms with van der Waals surface area (Å²) < 4.78 is 5.58. The van der Waals surface area contributed by atoms with Crippen molar-refractivity contribution in [2.45, 2.75) is 18.9 Å². The van der Waals surface area contributed by atoms with E-state index in [9.17, 15) is 14.4 Å². The van der Waals surface area contributed by atoms with Gasteiger partial charge in [0.05, 0.1) is 17.1 Å². The van der Waals surface area contributed by atoms with Gasteiger partial charge in [-0.25, -0.2) is 0 Å². The summed E-state index contributed by atoms with van der Waals surface area (Å²) in [5.41, 5.74) is 0.0702. The van der Waals surface area contributed by atoms with Crippen LogP contribution in [0.15, 0.2) is 27.8 Å². The Morgan fingerprint density at radius 2 is 1.71 bits per heavy atom. The number of nitrogens with zero attached hydrogens (tertiary/aromatic N) is 1. The number of piperidine rings is 1. The Morgan fingerprint density at radius 1 is 1.08 bits per heavy atom. The van der Waals surface area contributed by atoms with E-state index in [1.165, 1.54) is 0 Å². The molecule has 126 valence electrons. The van der Waals surface area contributed by atoms with Crippen LogP contribution in [0.2, 0.25) is 0 Å². The second kappa shape index (κ2) is 5.59. The number of nitrogens with one attached hydrogen (secondary N) is 2. The van der Waals surface area contributed by atoms with Crippen LogP contribution in [0.5, 0.6) is 0 Å². The van der Waals surface area contributed by atoms with Gasteiger partial charge in [0.2, 0.25) is 0 Å². The molecule has 1 aliphatic heterocycles. The lowest BCUT2D eigenvalue weighted by molar-refractivity contribution is -0.0113. The first kappa shape index (κ1) is 15.1. The molecule has 2 aromatic rings. The average molecular weight is 329 g/mol. The number of likely N-dealkylation sites (tertiary alicyclic amines) is 1. The van der Waals surface area contributed by atoms with Crippen molar-refractivity contribution in [2.75, 3.05) is 20.2 Å². The predicted molar refractivity (Wildman–Crippen MR) is 88.1 cm³/mol. The molecular formula is C17H19N3O4. The number of fused-ring (bicyclic) bond motifs is 3. The highest BCUT2D eigenvalue weighted by Crippen LogP contribution is 2.39. The lowest BCUT2D eigenvalue weighted by Crippen LogP contribution is -2.48. The molecule has 2 aliphatic rings. The number of H-pyrrole nitrogens is 2. The fourth-order valence-electron chi connectivity index (χ4n) is 4.15. The maximum atomic E-state index is 12.8. The highest BCUT2D eigenvalue weighted by Gasteiger charge is 2.43. The van der Waals surface area contributed by atoms with E-state index in [1.807, 2.05) is 4.90 Å². The summed E-state index contributed by atoms with van der Waals surface area (Å²) in [7, 11) is 1.74. The lowest BCUT2D eigenvalue weighted by atomic mass is 9.94. The Bertz CT molecular complexity index is 902. The second-order valence-electron chi connectivity index (χ2n) is 6.68. The topological polar surface area (TPSA) is 95.3 Å². The fourth-order valence-corrected chi connectivity index (χ4v) is 4.15. The van der Waals surface area contributed by atoms with E-state index in [-0.39, 0.29) is 12.0 Å². The summed E-state index contributed by atoms with van der Waals surface area (Å²) in [6.45, 7) is 1.40. The Balaban J connectivity index is 1.63. The Kier molecular flexibility index (Phi) is 3.53. The van der Waals surface area contributed by atoms with Gasteiger partial charge < -0.3 is 19.6 Å². The maximum Gasteiger partial charge on any atom is 0.314 e. The van der Waals surface area contributed by atoms with Gasteiger partial charge in [0.25, 0.3) is 5.91 Å². The van der Waals surface area contributed by atoms with Crippen LogP contribution in [0.25, 0.3) is 11.0 Å². The molecule has 2 bridgehead atoms. The van der Waals surface area contributed by atoms with Crippen molar-refractivity contribution < 1.29 is 9.53 Å². The van der Waals surface area contributed by atoms with Crippen LogP contribution >= 0.6 is 0 Å². The third kappa shape index (κ3) is 2.36. The minimum Gasteiger partial charge on any atom is -0.381 e. The molecule has 7 heteroatoms. The minimum absolute atomic E-state index is 0.0459. The van der Waals surface area contributed by atoms with Crippen molar-refractivity contribution in [1.82, 2.24) is 14.9 Å². The molecule has 24 heavy (non-hydrogen) atoms. The first-order valence-electron chi connectivity index (χ1n) is 8.15. The zero-order chi connectivity index (χ0) is 16.8. The number of carbonyl (C=O) groups excluding carboxylic acids is 1. The Morgan fingerprint density at radius 3 is 2.33 bits per heavy atom. The largest absolute Gasteiger partial charge is 0.381 e. The number of hydrogen-bond donors (Lipinski definition) is 2. The van der Waals surface area contributed by atoms with E-state index in [2.05, 4.69) is 9.97 Å². The SMILES string of the molecule is COC1[C@@H]2CC[C@H]1CN(C(=O)c1ccc3[nH]c(=O)c(=O)[nH]c3c1)C2. The fraction of sp³-hybridized carbons (Fsp3) is 0.471. The van der Waals surface area contributed by atoms with E-state index in [4.69, 9.17) is 4.74 Å². The van der Waals surface area contributed by atoms with Gasteiger partial charge >= 0.3 is 11.1 Å². The van der Waals surface area contributed by atoms with Crippen molar-refractivity contribution in [1.29, 1.82) is 0 Å². The highest BCUT2D eigenvalue weighted by molar-refractivity contribution is 5.97. The first-order chi connectivity index (χ1) is 11.6. The molecule has 4 rings (SSSR count). The minimum atomic E-state index is -0.717. The first-order valence-corrected chi connectivity index (χ1v) is 8.15. The van der Waals surface area contributed by atoms with E-state index in [0.717, 1.165) is 12.8 Å². The van der Waals surface area contributed by atoms with Gasteiger partial charge in [-0.15, -0.1) is 0 Å². The molecule has 1 aliphatic carbocycles. The zero-order valence-corrected chi connectivity index (χ0v) is 13.4. The van der Waals surface area contributed by atoms with Gasteiger partial charge in [0.15, 0.2) is 0 Å². The van der Waals surface area contributed by atoms with Gasteiger partial charge in [0, 0.05) is 37.6 Å². The lowest BCUT2D eigenvalue weighted by Gasteiger charge is -2.37. The van der Waals surface area contributed by atoms with Gasteiger partial charge in [-0.1, -0.05) is 0 Å². The highest BCUT2D eigenvalue weighted by atomic mass is 16.5. The number of benzene rings is 1. The molecule has 0 radical (unpaired) electrons. The van der Waals surface area contributed by atoms with Crippen molar-refractivity contribution in [3.8, 4) is 0 Å². The molecule has 1 saturated heterocycles. The number of carbonyl (C=O) groups is 1. The molecule has 3 atom stereocenters. The molecule has 1 aromatic carbocycles. The van der Waals surface area contributed by atoms with Crippen LogP contribution in [0.1, 0.15) is 23.2 Å². The van der Waals surface area contributed by atoms with Gasteiger partial charge in [-0.2, -0.15) is 0 Å². The number of aromatic amines is 2. The Labute approximate surface area is 137 Å². The third-order valence-corrected chi connectivity index (χ3v) is 5.28.